The van der Waals surface area contributed by atoms with E-state index in [4.69, 9.17) is 15.9 Å². The molecule has 1 saturated heterocycles. The van der Waals surface area contributed by atoms with E-state index < -0.39 is 5.60 Å². The molecular formula is C24H36N6O2. The summed E-state index contributed by atoms with van der Waals surface area (Å²) in [4.78, 5) is 15.8. The molecule has 2 rings (SSSR count). The summed E-state index contributed by atoms with van der Waals surface area (Å²) < 4.78 is 5.44. The van der Waals surface area contributed by atoms with Crippen molar-refractivity contribution in [3.05, 3.63) is 53.9 Å². The lowest BCUT2D eigenvalue weighted by atomic mass is 10.1. The van der Waals surface area contributed by atoms with Crippen LogP contribution in [0.25, 0.3) is 6.08 Å². The monoisotopic (exact) mass is 440 g/mol. The zero-order valence-electron chi connectivity index (χ0n) is 19.7. The SMILES string of the molecule is C=Cc1ccccc1CN(/N=C\CC)/C(N)=C\C(=N)N1CCN(C(=O)OC(C)(C)C)CC1. The van der Waals surface area contributed by atoms with Crippen LogP contribution in [-0.4, -0.2) is 64.7 Å². The molecule has 0 aliphatic carbocycles. The lowest BCUT2D eigenvalue weighted by Gasteiger charge is -2.36. The number of carbonyl (C=O) groups excluding carboxylic acids is 1. The van der Waals surface area contributed by atoms with Crippen LogP contribution >= 0.6 is 0 Å². The second-order valence-corrected chi connectivity index (χ2v) is 8.58. The molecule has 1 aromatic rings. The molecule has 8 nitrogen and oxygen atoms in total. The molecule has 1 aliphatic heterocycles. The van der Waals surface area contributed by atoms with Gasteiger partial charge in [0.1, 0.15) is 17.3 Å². The molecule has 0 saturated carbocycles. The van der Waals surface area contributed by atoms with Gasteiger partial charge in [-0.2, -0.15) is 5.10 Å². The number of hydrogen-bond acceptors (Lipinski definition) is 6. The number of carbonyl (C=O) groups is 1. The molecule has 1 amide bonds. The van der Waals surface area contributed by atoms with Crippen molar-refractivity contribution < 1.29 is 9.53 Å². The van der Waals surface area contributed by atoms with Gasteiger partial charge in [0, 0.05) is 38.5 Å². The van der Waals surface area contributed by atoms with Gasteiger partial charge in [0.05, 0.1) is 6.54 Å². The Morgan fingerprint density at radius 2 is 1.88 bits per heavy atom. The lowest BCUT2D eigenvalue weighted by Crippen LogP contribution is -2.51. The Morgan fingerprint density at radius 1 is 1.25 bits per heavy atom. The third-order valence-corrected chi connectivity index (χ3v) is 4.85. The van der Waals surface area contributed by atoms with Crippen molar-refractivity contribution in [2.24, 2.45) is 10.8 Å². The summed E-state index contributed by atoms with van der Waals surface area (Å²) in [5.41, 5.74) is 7.89. The van der Waals surface area contributed by atoms with Gasteiger partial charge in [-0.3, -0.25) is 5.41 Å². The molecule has 1 heterocycles. The average Bonchev–Trinajstić information content (AvgIpc) is 2.75. The van der Waals surface area contributed by atoms with E-state index in [1.807, 2.05) is 62.9 Å². The molecule has 0 spiro atoms. The summed E-state index contributed by atoms with van der Waals surface area (Å²) >= 11 is 0. The molecule has 0 unspecified atom stereocenters. The maximum Gasteiger partial charge on any atom is 0.410 e. The van der Waals surface area contributed by atoms with Gasteiger partial charge in [0.25, 0.3) is 0 Å². The Kier molecular flexibility index (Phi) is 8.87. The maximum atomic E-state index is 12.3. The van der Waals surface area contributed by atoms with Crippen LogP contribution < -0.4 is 5.73 Å². The molecule has 174 valence electrons. The van der Waals surface area contributed by atoms with Crippen LogP contribution in [0.3, 0.4) is 0 Å². The molecule has 32 heavy (non-hydrogen) atoms. The number of benzene rings is 1. The van der Waals surface area contributed by atoms with Crippen LogP contribution in [0.1, 0.15) is 45.2 Å². The van der Waals surface area contributed by atoms with E-state index in [9.17, 15) is 4.79 Å². The molecule has 0 radical (unpaired) electrons. The first-order valence-corrected chi connectivity index (χ1v) is 10.9. The van der Waals surface area contributed by atoms with Gasteiger partial charge in [0.15, 0.2) is 0 Å². The van der Waals surface area contributed by atoms with Crippen molar-refractivity contribution >= 4 is 24.2 Å². The topological polar surface area (TPSA) is 98.2 Å². The van der Waals surface area contributed by atoms with Gasteiger partial charge < -0.3 is 20.3 Å². The molecule has 1 aromatic carbocycles. The summed E-state index contributed by atoms with van der Waals surface area (Å²) in [5, 5.41) is 14.7. The highest BCUT2D eigenvalue weighted by atomic mass is 16.6. The number of piperazine rings is 1. The van der Waals surface area contributed by atoms with Crippen LogP contribution in [0, 0.1) is 5.41 Å². The van der Waals surface area contributed by atoms with Crippen molar-refractivity contribution in [3.63, 3.8) is 0 Å². The van der Waals surface area contributed by atoms with E-state index in [0.29, 0.717) is 44.4 Å². The fourth-order valence-corrected chi connectivity index (χ4v) is 3.18. The maximum absolute atomic E-state index is 12.3. The minimum absolute atomic E-state index is 0.292. The molecule has 0 atom stereocenters. The Hall–Kier alpha value is -3.29. The first kappa shape index (κ1) is 25.0. The van der Waals surface area contributed by atoms with Gasteiger partial charge in [-0.05, 0) is 38.3 Å². The van der Waals surface area contributed by atoms with Gasteiger partial charge in [-0.15, -0.1) is 0 Å². The van der Waals surface area contributed by atoms with E-state index in [0.717, 1.165) is 17.5 Å². The van der Waals surface area contributed by atoms with Crippen LogP contribution in [0.5, 0.6) is 0 Å². The summed E-state index contributed by atoms with van der Waals surface area (Å²) in [6, 6.07) is 7.94. The fourth-order valence-electron chi connectivity index (χ4n) is 3.18. The van der Waals surface area contributed by atoms with E-state index >= 15 is 0 Å². The van der Waals surface area contributed by atoms with Gasteiger partial charge >= 0.3 is 6.09 Å². The second-order valence-electron chi connectivity index (χ2n) is 8.58. The number of nitrogens with one attached hydrogen (secondary N) is 1. The molecule has 0 aromatic heterocycles. The normalized spacial score (nSPS) is 15.1. The van der Waals surface area contributed by atoms with E-state index in [1.165, 1.54) is 0 Å². The average molecular weight is 441 g/mol. The van der Waals surface area contributed by atoms with E-state index in [2.05, 4.69) is 11.7 Å². The van der Waals surface area contributed by atoms with Gasteiger partial charge in [0.2, 0.25) is 0 Å². The summed E-state index contributed by atoms with van der Waals surface area (Å²) in [5.74, 6) is 0.674. The van der Waals surface area contributed by atoms with Crippen molar-refractivity contribution in [2.45, 2.75) is 46.3 Å². The Morgan fingerprint density at radius 3 is 2.47 bits per heavy atom. The van der Waals surface area contributed by atoms with Crippen molar-refractivity contribution in [1.29, 1.82) is 5.41 Å². The summed E-state index contributed by atoms with van der Waals surface area (Å²) in [6.45, 7) is 14.0. The van der Waals surface area contributed by atoms with Gasteiger partial charge in [-0.1, -0.05) is 43.8 Å². The highest BCUT2D eigenvalue weighted by Crippen LogP contribution is 2.16. The predicted octanol–water partition coefficient (Wildman–Crippen LogP) is 3.86. The minimum Gasteiger partial charge on any atom is -0.444 e. The summed E-state index contributed by atoms with van der Waals surface area (Å²) in [7, 11) is 0. The molecule has 8 heteroatoms. The Labute approximate surface area is 191 Å². The first-order valence-electron chi connectivity index (χ1n) is 10.9. The molecule has 3 N–H and O–H groups in total. The van der Waals surface area contributed by atoms with E-state index in [-0.39, 0.29) is 6.09 Å². The highest BCUT2D eigenvalue weighted by Gasteiger charge is 2.26. The van der Waals surface area contributed by atoms with Crippen molar-refractivity contribution in [2.75, 3.05) is 26.2 Å². The van der Waals surface area contributed by atoms with Crippen molar-refractivity contribution in [3.8, 4) is 0 Å². The number of hydrazone groups is 1. The number of amides is 1. The van der Waals surface area contributed by atoms with Crippen molar-refractivity contribution in [1.82, 2.24) is 14.8 Å². The van der Waals surface area contributed by atoms with Crippen LogP contribution in [0.2, 0.25) is 0 Å². The minimum atomic E-state index is -0.523. The second kappa shape index (κ2) is 11.4. The van der Waals surface area contributed by atoms with Crippen LogP contribution in [-0.2, 0) is 11.3 Å². The predicted molar refractivity (Wildman–Crippen MR) is 130 cm³/mol. The standard InChI is InChI=1S/C24H36N6O2/c1-6-12-27-30(18-20-11-9-8-10-19(20)7-2)22(26)17-21(25)28-13-15-29(16-14-28)23(31)32-24(3,4)5/h7-12,17,25H,2,6,13-16,18,26H2,1,3-5H3/b22-17-,25-21?,27-12-. The number of rotatable bonds is 7. The highest BCUT2D eigenvalue weighted by molar-refractivity contribution is 5.90. The number of nitrogens with zero attached hydrogens (tertiary/aromatic N) is 4. The zero-order chi connectivity index (χ0) is 23.7. The third-order valence-electron chi connectivity index (χ3n) is 4.85. The fraction of sp³-hybridized carbons (Fsp3) is 0.458. The number of nitrogens with two attached hydrogens (primary N) is 1. The largest absolute Gasteiger partial charge is 0.444 e. The third kappa shape index (κ3) is 7.44. The first-order chi connectivity index (χ1) is 15.1. The Balaban J connectivity index is 2.05. The summed E-state index contributed by atoms with van der Waals surface area (Å²) in [6.07, 6.45) is 5.67. The quantitative estimate of drug-likeness (QED) is 0.381. The number of hydrogen-bond donors (Lipinski definition) is 2. The molecule has 1 fully saturated rings. The molecule has 1 aliphatic rings. The smallest absolute Gasteiger partial charge is 0.410 e. The van der Waals surface area contributed by atoms with Gasteiger partial charge in [-0.25, -0.2) is 9.80 Å². The Bertz CT molecular complexity index is 863. The molecular weight excluding hydrogens is 404 g/mol. The number of ether oxygens (including phenoxy) is 1. The van der Waals surface area contributed by atoms with E-state index in [1.54, 1.807) is 22.2 Å². The van der Waals surface area contributed by atoms with Crippen LogP contribution in [0.4, 0.5) is 4.79 Å². The zero-order valence-corrected chi connectivity index (χ0v) is 19.7. The number of amidine groups is 1. The van der Waals surface area contributed by atoms with Crippen LogP contribution in [0.15, 0.2) is 47.8 Å². The molecule has 0 bridgehead atoms. The lowest BCUT2D eigenvalue weighted by molar-refractivity contribution is 0.0187.